The van der Waals surface area contributed by atoms with Crippen LogP contribution in [0.5, 0.6) is 0 Å². The number of aliphatic carboxylic acids is 1. The molecule has 21 heavy (non-hydrogen) atoms. The Labute approximate surface area is 124 Å². The first-order valence-corrected chi connectivity index (χ1v) is 7.35. The van der Waals surface area contributed by atoms with Gasteiger partial charge in [0, 0.05) is 13.1 Å². The Balaban J connectivity index is 2.52. The van der Waals surface area contributed by atoms with Gasteiger partial charge < -0.3 is 21.1 Å². The van der Waals surface area contributed by atoms with Crippen molar-refractivity contribution in [1.82, 2.24) is 10.2 Å². The lowest BCUT2D eigenvalue weighted by Crippen LogP contribution is -2.47. The molecule has 2 unspecified atom stereocenters. The van der Waals surface area contributed by atoms with Crippen molar-refractivity contribution in [1.29, 1.82) is 0 Å². The summed E-state index contributed by atoms with van der Waals surface area (Å²) in [5, 5.41) is 11.8. The molecular weight excluding hydrogens is 274 g/mol. The third kappa shape index (κ3) is 5.61. The second-order valence-electron chi connectivity index (χ2n) is 6.06. The minimum absolute atomic E-state index is 0.0408. The molecule has 1 aliphatic carbocycles. The van der Waals surface area contributed by atoms with Crippen LogP contribution in [0.2, 0.25) is 0 Å². The number of rotatable bonds is 7. The van der Waals surface area contributed by atoms with E-state index in [1.54, 1.807) is 0 Å². The zero-order chi connectivity index (χ0) is 16.0. The van der Waals surface area contributed by atoms with Crippen molar-refractivity contribution in [2.75, 3.05) is 19.6 Å². The van der Waals surface area contributed by atoms with Gasteiger partial charge in [-0.05, 0) is 24.7 Å². The number of hydrogen-bond acceptors (Lipinski definition) is 3. The van der Waals surface area contributed by atoms with Gasteiger partial charge in [0.1, 0.15) is 6.54 Å². The monoisotopic (exact) mass is 299 g/mol. The SMILES string of the molecule is CC(C)CN(CC(N)=O)C(=O)NCC1CCCC1C(=O)O. The molecule has 2 atom stereocenters. The molecule has 0 aromatic carbocycles. The number of amides is 3. The normalized spacial score (nSPS) is 21.3. The smallest absolute Gasteiger partial charge is 0.317 e. The van der Waals surface area contributed by atoms with Crippen molar-refractivity contribution in [2.24, 2.45) is 23.5 Å². The second kappa shape index (κ2) is 7.85. The summed E-state index contributed by atoms with van der Waals surface area (Å²) in [5.41, 5.74) is 5.15. The third-order valence-corrected chi connectivity index (χ3v) is 3.71. The van der Waals surface area contributed by atoms with Crippen molar-refractivity contribution in [3.63, 3.8) is 0 Å². The maximum absolute atomic E-state index is 12.1. The number of carboxylic acids is 1. The zero-order valence-corrected chi connectivity index (χ0v) is 12.7. The standard InChI is InChI=1S/C14H25N3O4/c1-9(2)7-17(8-12(15)18)14(21)16-6-10-4-3-5-11(10)13(19)20/h9-11H,3-8H2,1-2H3,(H2,15,18)(H,16,21)(H,19,20). The van der Waals surface area contributed by atoms with E-state index in [1.165, 1.54) is 4.90 Å². The first kappa shape index (κ1) is 17.3. The van der Waals surface area contributed by atoms with Gasteiger partial charge in [-0.1, -0.05) is 20.3 Å². The van der Waals surface area contributed by atoms with Gasteiger partial charge in [-0.3, -0.25) is 9.59 Å². The second-order valence-corrected chi connectivity index (χ2v) is 6.06. The number of hydrogen-bond donors (Lipinski definition) is 3. The predicted octanol–water partition coefficient (Wildman–Crippen LogP) is 0.640. The summed E-state index contributed by atoms with van der Waals surface area (Å²) < 4.78 is 0. The van der Waals surface area contributed by atoms with Crippen LogP contribution in [0.4, 0.5) is 4.79 Å². The molecule has 0 aliphatic heterocycles. The van der Waals surface area contributed by atoms with E-state index in [0.29, 0.717) is 19.5 Å². The van der Waals surface area contributed by atoms with E-state index in [-0.39, 0.29) is 30.3 Å². The Bertz CT molecular complexity index is 398. The number of carbonyl (C=O) groups is 3. The molecule has 120 valence electrons. The van der Waals surface area contributed by atoms with E-state index in [9.17, 15) is 14.4 Å². The molecular formula is C14H25N3O4. The van der Waals surface area contributed by atoms with E-state index < -0.39 is 11.9 Å². The topological polar surface area (TPSA) is 113 Å². The van der Waals surface area contributed by atoms with E-state index in [2.05, 4.69) is 5.32 Å². The lowest BCUT2D eigenvalue weighted by Gasteiger charge is -2.25. The van der Waals surface area contributed by atoms with Crippen molar-refractivity contribution in [3.8, 4) is 0 Å². The minimum atomic E-state index is -0.803. The summed E-state index contributed by atoms with van der Waals surface area (Å²) in [6.07, 6.45) is 2.33. The number of nitrogens with two attached hydrogens (primary N) is 1. The van der Waals surface area contributed by atoms with Crippen LogP contribution in [-0.4, -0.2) is 47.5 Å². The Morgan fingerprint density at radius 1 is 1.33 bits per heavy atom. The predicted molar refractivity (Wildman–Crippen MR) is 77.5 cm³/mol. The van der Waals surface area contributed by atoms with Gasteiger partial charge >= 0.3 is 12.0 Å². The number of carboxylic acid groups (broad SMARTS) is 1. The molecule has 1 aliphatic rings. The van der Waals surface area contributed by atoms with Crippen LogP contribution in [0.25, 0.3) is 0 Å². The van der Waals surface area contributed by atoms with Crippen molar-refractivity contribution in [3.05, 3.63) is 0 Å². The lowest BCUT2D eigenvalue weighted by molar-refractivity contribution is -0.142. The molecule has 0 aromatic heterocycles. The molecule has 1 saturated carbocycles. The van der Waals surface area contributed by atoms with Gasteiger partial charge in [-0.15, -0.1) is 0 Å². The first-order chi connectivity index (χ1) is 9.81. The molecule has 0 bridgehead atoms. The summed E-state index contributed by atoms with van der Waals surface area (Å²) in [4.78, 5) is 35.6. The fourth-order valence-corrected chi connectivity index (χ4v) is 2.78. The molecule has 0 aromatic rings. The maximum Gasteiger partial charge on any atom is 0.317 e. The van der Waals surface area contributed by atoms with Crippen molar-refractivity contribution >= 4 is 17.9 Å². The molecule has 4 N–H and O–H groups in total. The molecule has 1 fully saturated rings. The summed E-state index contributed by atoms with van der Waals surface area (Å²) >= 11 is 0. The van der Waals surface area contributed by atoms with Gasteiger partial charge in [0.2, 0.25) is 5.91 Å². The summed E-state index contributed by atoms with van der Waals surface area (Å²) in [6.45, 7) is 4.51. The summed E-state index contributed by atoms with van der Waals surface area (Å²) in [7, 11) is 0. The third-order valence-electron chi connectivity index (χ3n) is 3.71. The number of nitrogens with one attached hydrogen (secondary N) is 1. The highest BCUT2D eigenvalue weighted by atomic mass is 16.4. The van der Waals surface area contributed by atoms with Crippen LogP contribution < -0.4 is 11.1 Å². The van der Waals surface area contributed by atoms with E-state index in [1.807, 2.05) is 13.8 Å². The van der Waals surface area contributed by atoms with Crippen LogP contribution in [-0.2, 0) is 9.59 Å². The molecule has 3 amide bonds. The average Bonchev–Trinajstić information content (AvgIpc) is 2.82. The lowest BCUT2D eigenvalue weighted by atomic mass is 9.96. The fraction of sp³-hybridized carbons (Fsp3) is 0.786. The van der Waals surface area contributed by atoms with Crippen LogP contribution in [0, 0.1) is 17.8 Å². The van der Waals surface area contributed by atoms with Crippen LogP contribution in [0.15, 0.2) is 0 Å². The molecule has 0 spiro atoms. The maximum atomic E-state index is 12.1. The number of nitrogens with zero attached hydrogens (tertiary/aromatic N) is 1. The van der Waals surface area contributed by atoms with Gasteiger partial charge in [-0.2, -0.15) is 0 Å². The molecule has 0 radical (unpaired) electrons. The number of carbonyl (C=O) groups excluding carboxylic acids is 2. The van der Waals surface area contributed by atoms with E-state index >= 15 is 0 Å². The van der Waals surface area contributed by atoms with Crippen molar-refractivity contribution in [2.45, 2.75) is 33.1 Å². The molecule has 0 saturated heterocycles. The number of urea groups is 1. The van der Waals surface area contributed by atoms with Gasteiger partial charge in [0.15, 0.2) is 0 Å². The van der Waals surface area contributed by atoms with E-state index in [0.717, 1.165) is 12.8 Å². The fourth-order valence-electron chi connectivity index (χ4n) is 2.78. The quantitative estimate of drug-likeness (QED) is 0.640. The highest BCUT2D eigenvalue weighted by molar-refractivity contribution is 5.83. The highest BCUT2D eigenvalue weighted by Gasteiger charge is 2.33. The first-order valence-electron chi connectivity index (χ1n) is 7.35. The Morgan fingerprint density at radius 2 is 2.00 bits per heavy atom. The van der Waals surface area contributed by atoms with Crippen LogP contribution >= 0.6 is 0 Å². The largest absolute Gasteiger partial charge is 0.481 e. The molecule has 7 heteroatoms. The zero-order valence-electron chi connectivity index (χ0n) is 12.7. The van der Waals surface area contributed by atoms with Crippen LogP contribution in [0.1, 0.15) is 33.1 Å². The average molecular weight is 299 g/mol. The molecule has 1 rings (SSSR count). The Hall–Kier alpha value is -1.79. The molecule has 0 heterocycles. The van der Waals surface area contributed by atoms with Gasteiger partial charge in [0.05, 0.1) is 5.92 Å². The summed E-state index contributed by atoms with van der Waals surface area (Å²) in [6, 6.07) is -0.362. The number of primary amides is 1. The van der Waals surface area contributed by atoms with E-state index in [4.69, 9.17) is 10.8 Å². The highest BCUT2D eigenvalue weighted by Crippen LogP contribution is 2.31. The van der Waals surface area contributed by atoms with Gasteiger partial charge in [-0.25, -0.2) is 4.79 Å². The summed E-state index contributed by atoms with van der Waals surface area (Å²) in [5.74, 6) is -1.58. The Kier molecular flexibility index (Phi) is 6.45. The van der Waals surface area contributed by atoms with Crippen LogP contribution in [0.3, 0.4) is 0 Å². The van der Waals surface area contributed by atoms with Crippen molar-refractivity contribution < 1.29 is 19.5 Å². The molecule has 7 nitrogen and oxygen atoms in total. The van der Waals surface area contributed by atoms with Gasteiger partial charge in [0.25, 0.3) is 0 Å². The minimum Gasteiger partial charge on any atom is -0.481 e. The Morgan fingerprint density at radius 3 is 2.52 bits per heavy atom.